The Morgan fingerprint density at radius 2 is 2.14 bits per heavy atom. The minimum absolute atomic E-state index is 0.0732. The monoisotopic (exact) mass is 296 g/mol. The molecule has 1 fully saturated rings. The first kappa shape index (κ1) is 16.2. The van der Waals surface area contributed by atoms with E-state index in [9.17, 15) is 4.39 Å². The number of hydrogen-bond acceptors (Lipinski definition) is 4. The Bertz CT molecular complexity index is 436. The SMILES string of the molecule is CCNC(C)c1cc(F)ccc1OCCN1CCOCC1. The maximum Gasteiger partial charge on any atom is 0.124 e. The average Bonchev–Trinajstić information content (AvgIpc) is 2.50. The molecule has 2 rings (SSSR count). The number of ether oxygens (including phenoxy) is 2. The molecule has 0 radical (unpaired) electrons. The molecule has 21 heavy (non-hydrogen) atoms. The van der Waals surface area contributed by atoms with Gasteiger partial charge in [-0.15, -0.1) is 0 Å². The van der Waals surface area contributed by atoms with Crippen LogP contribution >= 0.6 is 0 Å². The van der Waals surface area contributed by atoms with Gasteiger partial charge in [-0.05, 0) is 31.7 Å². The van der Waals surface area contributed by atoms with Gasteiger partial charge in [0.15, 0.2) is 0 Å². The molecule has 4 nitrogen and oxygen atoms in total. The van der Waals surface area contributed by atoms with Crippen LogP contribution in [0.1, 0.15) is 25.5 Å². The zero-order valence-corrected chi connectivity index (χ0v) is 12.9. The first-order valence-electron chi connectivity index (χ1n) is 7.66. The van der Waals surface area contributed by atoms with Crippen molar-refractivity contribution >= 4 is 0 Å². The molecule has 1 heterocycles. The number of nitrogens with one attached hydrogen (secondary N) is 1. The molecule has 0 aliphatic carbocycles. The van der Waals surface area contributed by atoms with E-state index in [4.69, 9.17) is 9.47 Å². The largest absolute Gasteiger partial charge is 0.492 e. The number of benzene rings is 1. The fourth-order valence-electron chi connectivity index (χ4n) is 2.51. The summed E-state index contributed by atoms with van der Waals surface area (Å²) in [5, 5.41) is 3.30. The van der Waals surface area contributed by atoms with Gasteiger partial charge in [-0.1, -0.05) is 6.92 Å². The van der Waals surface area contributed by atoms with Gasteiger partial charge in [0.05, 0.1) is 13.2 Å². The summed E-state index contributed by atoms with van der Waals surface area (Å²) in [6.07, 6.45) is 0. The normalized spacial score (nSPS) is 17.7. The lowest BCUT2D eigenvalue weighted by atomic mass is 10.1. The van der Waals surface area contributed by atoms with E-state index in [2.05, 4.69) is 10.2 Å². The predicted octanol–water partition coefficient (Wildman–Crippen LogP) is 2.21. The molecule has 118 valence electrons. The van der Waals surface area contributed by atoms with Crippen molar-refractivity contribution in [3.05, 3.63) is 29.6 Å². The Morgan fingerprint density at radius 1 is 1.38 bits per heavy atom. The van der Waals surface area contributed by atoms with Gasteiger partial charge in [-0.3, -0.25) is 4.90 Å². The molecule has 1 atom stereocenters. The topological polar surface area (TPSA) is 33.7 Å². The second-order valence-electron chi connectivity index (χ2n) is 5.26. The molecule has 5 heteroatoms. The van der Waals surface area contributed by atoms with Crippen LogP contribution in [0.5, 0.6) is 5.75 Å². The molecule has 0 aromatic heterocycles. The molecule has 1 N–H and O–H groups in total. The quantitative estimate of drug-likeness (QED) is 0.836. The van der Waals surface area contributed by atoms with Crippen molar-refractivity contribution in [2.24, 2.45) is 0 Å². The number of halogens is 1. The highest BCUT2D eigenvalue weighted by Crippen LogP contribution is 2.26. The summed E-state index contributed by atoms with van der Waals surface area (Å²) in [6.45, 7) is 9.86. The number of nitrogens with zero attached hydrogens (tertiary/aromatic N) is 1. The van der Waals surface area contributed by atoms with Gasteiger partial charge < -0.3 is 14.8 Å². The van der Waals surface area contributed by atoms with E-state index in [1.54, 1.807) is 12.1 Å². The van der Waals surface area contributed by atoms with E-state index in [0.29, 0.717) is 6.61 Å². The van der Waals surface area contributed by atoms with E-state index in [1.165, 1.54) is 6.07 Å². The van der Waals surface area contributed by atoms with Crippen LogP contribution in [0.3, 0.4) is 0 Å². The minimum atomic E-state index is -0.227. The minimum Gasteiger partial charge on any atom is -0.492 e. The van der Waals surface area contributed by atoms with Crippen molar-refractivity contribution in [2.45, 2.75) is 19.9 Å². The molecule has 1 saturated heterocycles. The van der Waals surface area contributed by atoms with Crippen LogP contribution in [0.25, 0.3) is 0 Å². The summed E-state index contributed by atoms with van der Waals surface area (Å²) in [6, 6.07) is 4.80. The summed E-state index contributed by atoms with van der Waals surface area (Å²) in [5.74, 6) is 0.536. The lowest BCUT2D eigenvalue weighted by molar-refractivity contribution is 0.0322. The zero-order chi connectivity index (χ0) is 15.1. The standard InChI is InChI=1S/C16H25FN2O2/c1-3-18-13(2)15-12-14(17)4-5-16(15)21-11-8-19-6-9-20-10-7-19/h4-5,12-13,18H,3,6-11H2,1-2H3. The smallest absolute Gasteiger partial charge is 0.124 e. The van der Waals surface area contributed by atoms with Gasteiger partial charge in [-0.2, -0.15) is 0 Å². The van der Waals surface area contributed by atoms with Gasteiger partial charge in [-0.25, -0.2) is 4.39 Å². The molecule has 1 unspecified atom stereocenters. The van der Waals surface area contributed by atoms with Crippen molar-refractivity contribution in [1.29, 1.82) is 0 Å². The number of hydrogen-bond donors (Lipinski definition) is 1. The summed E-state index contributed by atoms with van der Waals surface area (Å²) in [7, 11) is 0. The first-order chi connectivity index (χ1) is 10.2. The van der Waals surface area contributed by atoms with Gasteiger partial charge in [0.2, 0.25) is 0 Å². The van der Waals surface area contributed by atoms with E-state index < -0.39 is 0 Å². The van der Waals surface area contributed by atoms with Gasteiger partial charge in [0.25, 0.3) is 0 Å². The fourth-order valence-corrected chi connectivity index (χ4v) is 2.51. The highest BCUT2D eigenvalue weighted by atomic mass is 19.1. The highest BCUT2D eigenvalue weighted by Gasteiger charge is 2.14. The van der Waals surface area contributed by atoms with Gasteiger partial charge in [0, 0.05) is 31.2 Å². The summed E-state index contributed by atoms with van der Waals surface area (Å²) in [5.41, 5.74) is 0.874. The first-order valence-corrected chi connectivity index (χ1v) is 7.66. The zero-order valence-electron chi connectivity index (χ0n) is 12.9. The molecule has 0 spiro atoms. The van der Waals surface area contributed by atoms with Crippen molar-refractivity contribution < 1.29 is 13.9 Å². The third-order valence-electron chi connectivity index (χ3n) is 3.72. The molecular weight excluding hydrogens is 271 g/mol. The molecule has 1 aliphatic heterocycles. The van der Waals surface area contributed by atoms with Crippen LogP contribution in [0, 0.1) is 5.82 Å². The lowest BCUT2D eigenvalue weighted by Gasteiger charge is -2.26. The Morgan fingerprint density at radius 3 is 2.86 bits per heavy atom. The van der Waals surface area contributed by atoms with Crippen LogP contribution < -0.4 is 10.1 Å². The Hall–Kier alpha value is -1.17. The van der Waals surface area contributed by atoms with E-state index in [1.807, 2.05) is 13.8 Å². The van der Waals surface area contributed by atoms with Crippen LogP contribution in [-0.4, -0.2) is 50.9 Å². The fraction of sp³-hybridized carbons (Fsp3) is 0.625. The van der Waals surface area contributed by atoms with Gasteiger partial charge >= 0.3 is 0 Å². The van der Waals surface area contributed by atoms with E-state index >= 15 is 0 Å². The van der Waals surface area contributed by atoms with Crippen molar-refractivity contribution in [3.63, 3.8) is 0 Å². The van der Waals surface area contributed by atoms with Gasteiger partial charge in [0.1, 0.15) is 18.2 Å². The van der Waals surface area contributed by atoms with Crippen molar-refractivity contribution in [3.8, 4) is 5.75 Å². The van der Waals surface area contributed by atoms with E-state index in [-0.39, 0.29) is 11.9 Å². The predicted molar refractivity (Wildman–Crippen MR) is 81.2 cm³/mol. The Labute approximate surface area is 126 Å². The number of rotatable bonds is 7. The maximum atomic E-state index is 13.5. The third-order valence-corrected chi connectivity index (χ3v) is 3.72. The van der Waals surface area contributed by atoms with Crippen molar-refractivity contribution in [2.75, 3.05) is 46.0 Å². The Kier molecular flexibility index (Phi) is 6.42. The molecule has 0 saturated carbocycles. The highest BCUT2D eigenvalue weighted by molar-refractivity contribution is 5.36. The summed E-state index contributed by atoms with van der Waals surface area (Å²) < 4.78 is 24.7. The molecule has 1 aromatic carbocycles. The van der Waals surface area contributed by atoms with E-state index in [0.717, 1.165) is 50.7 Å². The maximum absolute atomic E-state index is 13.5. The van der Waals surface area contributed by atoms with Crippen LogP contribution in [0.4, 0.5) is 4.39 Å². The molecule has 0 bridgehead atoms. The van der Waals surface area contributed by atoms with Crippen LogP contribution in [0.15, 0.2) is 18.2 Å². The Balaban J connectivity index is 1.91. The molecular formula is C16H25FN2O2. The molecule has 1 aliphatic rings. The lowest BCUT2D eigenvalue weighted by Crippen LogP contribution is -2.38. The summed E-state index contributed by atoms with van der Waals surface area (Å²) in [4.78, 5) is 2.32. The second kappa shape index (κ2) is 8.32. The summed E-state index contributed by atoms with van der Waals surface area (Å²) >= 11 is 0. The average molecular weight is 296 g/mol. The molecule has 1 aromatic rings. The second-order valence-corrected chi connectivity index (χ2v) is 5.26. The van der Waals surface area contributed by atoms with Crippen LogP contribution in [-0.2, 0) is 4.74 Å². The molecule has 0 amide bonds. The van der Waals surface area contributed by atoms with Crippen molar-refractivity contribution in [1.82, 2.24) is 10.2 Å². The van der Waals surface area contributed by atoms with Crippen LogP contribution in [0.2, 0.25) is 0 Å². The number of morpholine rings is 1. The third kappa shape index (κ3) is 4.95.